The lowest BCUT2D eigenvalue weighted by Gasteiger charge is -2.20. The molecule has 0 radical (unpaired) electrons. The van der Waals surface area contributed by atoms with Crippen molar-refractivity contribution in [3.63, 3.8) is 0 Å². The van der Waals surface area contributed by atoms with Crippen molar-refractivity contribution in [2.75, 3.05) is 7.05 Å². The topological polar surface area (TPSA) is 12.0 Å². The van der Waals surface area contributed by atoms with E-state index in [-0.39, 0.29) is 0 Å². The molecule has 2 heteroatoms. The predicted octanol–water partition coefficient (Wildman–Crippen LogP) is 3.13. The van der Waals surface area contributed by atoms with Gasteiger partial charge < -0.3 is 5.32 Å². The fraction of sp³-hybridized carbons (Fsp3) is 0.500. The van der Waals surface area contributed by atoms with Crippen molar-refractivity contribution in [1.29, 1.82) is 0 Å². The summed E-state index contributed by atoms with van der Waals surface area (Å²) in [4.78, 5) is 0. The average Bonchev–Trinajstić information content (AvgIpc) is 2.16. The number of likely N-dealkylation sites (N-methyl/N-ethyl adjacent to an activating group) is 1. The van der Waals surface area contributed by atoms with Crippen molar-refractivity contribution in [1.82, 2.24) is 5.32 Å². The molecule has 0 aliphatic heterocycles. The third-order valence-electron chi connectivity index (χ3n) is 2.54. The van der Waals surface area contributed by atoms with E-state index < -0.39 is 0 Å². The van der Waals surface area contributed by atoms with Gasteiger partial charge in [0.25, 0.3) is 0 Å². The van der Waals surface area contributed by atoms with Crippen LogP contribution >= 0.6 is 11.6 Å². The first kappa shape index (κ1) is 11.5. The molecule has 0 saturated heterocycles. The summed E-state index contributed by atoms with van der Waals surface area (Å²) >= 11 is 5.83. The van der Waals surface area contributed by atoms with Crippen LogP contribution in [0.4, 0.5) is 0 Å². The molecule has 0 bridgehead atoms. The van der Waals surface area contributed by atoms with Crippen molar-refractivity contribution < 1.29 is 0 Å². The zero-order valence-corrected chi connectivity index (χ0v) is 9.81. The Morgan fingerprint density at radius 3 is 2.21 bits per heavy atom. The smallest absolute Gasteiger partial charge is 0.0406 e. The summed E-state index contributed by atoms with van der Waals surface area (Å²) in [5.41, 5.74) is 1.34. The molecule has 14 heavy (non-hydrogen) atoms. The van der Waals surface area contributed by atoms with E-state index in [2.05, 4.69) is 31.3 Å². The van der Waals surface area contributed by atoms with E-state index >= 15 is 0 Å². The van der Waals surface area contributed by atoms with Crippen LogP contribution in [0.5, 0.6) is 0 Å². The first-order valence-electron chi connectivity index (χ1n) is 5.05. The number of hydrogen-bond acceptors (Lipinski definition) is 1. The zero-order chi connectivity index (χ0) is 10.6. The van der Waals surface area contributed by atoms with E-state index in [9.17, 15) is 0 Å². The maximum atomic E-state index is 5.83. The minimum Gasteiger partial charge on any atom is -0.316 e. The van der Waals surface area contributed by atoms with Crippen LogP contribution < -0.4 is 5.32 Å². The fourth-order valence-electron chi connectivity index (χ4n) is 1.55. The minimum atomic E-state index is 0.538. The van der Waals surface area contributed by atoms with Crippen LogP contribution in [0.3, 0.4) is 0 Å². The highest BCUT2D eigenvalue weighted by Gasteiger charge is 2.10. The second kappa shape index (κ2) is 5.38. The van der Waals surface area contributed by atoms with Gasteiger partial charge in [-0.3, -0.25) is 0 Å². The Labute approximate surface area is 91.5 Å². The van der Waals surface area contributed by atoms with E-state index in [0.717, 1.165) is 11.4 Å². The molecular weight excluding hydrogens is 194 g/mol. The first-order valence-corrected chi connectivity index (χ1v) is 5.43. The van der Waals surface area contributed by atoms with Crippen molar-refractivity contribution in [3.8, 4) is 0 Å². The molecule has 0 heterocycles. The third kappa shape index (κ3) is 3.32. The Hall–Kier alpha value is -0.530. The van der Waals surface area contributed by atoms with Gasteiger partial charge in [0, 0.05) is 11.1 Å². The molecule has 1 aromatic carbocycles. The highest BCUT2D eigenvalue weighted by Crippen LogP contribution is 2.13. The van der Waals surface area contributed by atoms with Gasteiger partial charge in [-0.1, -0.05) is 37.6 Å². The van der Waals surface area contributed by atoms with Crippen LogP contribution in [-0.4, -0.2) is 13.1 Å². The Kier molecular flexibility index (Phi) is 4.43. The molecule has 1 nitrogen and oxygen atoms in total. The van der Waals surface area contributed by atoms with Crippen molar-refractivity contribution in [3.05, 3.63) is 34.9 Å². The van der Waals surface area contributed by atoms with Crippen LogP contribution in [0.25, 0.3) is 0 Å². The second-order valence-electron chi connectivity index (χ2n) is 3.97. The third-order valence-corrected chi connectivity index (χ3v) is 2.80. The molecule has 0 aliphatic rings. The Balaban J connectivity index is 2.63. The average molecular weight is 212 g/mol. The number of halogens is 1. The highest BCUT2D eigenvalue weighted by atomic mass is 35.5. The van der Waals surface area contributed by atoms with E-state index in [1.54, 1.807) is 0 Å². The van der Waals surface area contributed by atoms with Gasteiger partial charge in [-0.15, -0.1) is 0 Å². The summed E-state index contributed by atoms with van der Waals surface area (Å²) < 4.78 is 0. The van der Waals surface area contributed by atoms with Crippen LogP contribution in [0.1, 0.15) is 19.4 Å². The summed E-state index contributed by atoms with van der Waals surface area (Å²) in [6.07, 6.45) is 1.06. The predicted molar refractivity (Wildman–Crippen MR) is 62.8 cm³/mol. The molecule has 78 valence electrons. The monoisotopic (exact) mass is 211 g/mol. The Morgan fingerprint density at radius 2 is 1.79 bits per heavy atom. The van der Waals surface area contributed by atoms with Gasteiger partial charge in [-0.05, 0) is 37.1 Å². The molecule has 0 aromatic heterocycles. The second-order valence-corrected chi connectivity index (χ2v) is 4.41. The lowest BCUT2D eigenvalue weighted by molar-refractivity contribution is 0.424. The Morgan fingerprint density at radius 1 is 1.21 bits per heavy atom. The first-order chi connectivity index (χ1) is 6.63. The quantitative estimate of drug-likeness (QED) is 0.807. The van der Waals surface area contributed by atoms with Crippen LogP contribution in [0.2, 0.25) is 5.02 Å². The van der Waals surface area contributed by atoms with Gasteiger partial charge in [0.1, 0.15) is 0 Å². The minimum absolute atomic E-state index is 0.538. The maximum Gasteiger partial charge on any atom is 0.0406 e. The molecule has 1 aromatic rings. The molecule has 1 atom stereocenters. The van der Waals surface area contributed by atoms with Crippen molar-refractivity contribution in [2.24, 2.45) is 5.92 Å². The molecular formula is C12H18ClN. The maximum absolute atomic E-state index is 5.83. The number of benzene rings is 1. The largest absolute Gasteiger partial charge is 0.316 e. The van der Waals surface area contributed by atoms with Crippen molar-refractivity contribution >= 4 is 11.6 Å². The fourth-order valence-corrected chi connectivity index (χ4v) is 1.67. The number of nitrogens with one attached hydrogen (secondary N) is 1. The van der Waals surface area contributed by atoms with Gasteiger partial charge in [-0.2, -0.15) is 0 Å². The van der Waals surface area contributed by atoms with E-state index in [0.29, 0.717) is 12.0 Å². The molecule has 1 N–H and O–H groups in total. The van der Waals surface area contributed by atoms with Gasteiger partial charge in [0.05, 0.1) is 0 Å². The van der Waals surface area contributed by atoms with E-state index in [1.807, 2.05) is 19.2 Å². The van der Waals surface area contributed by atoms with Gasteiger partial charge in [0.15, 0.2) is 0 Å². The normalized spacial score (nSPS) is 13.2. The molecule has 0 fully saturated rings. The molecule has 0 spiro atoms. The van der Waals surface area contributed by atoms with Crippen molar-refractivity contribution in [2.45, 2.75) is 26.3 Å². The van der Waals surface area contributed by atoms with Crippen LogP contribution in [0.15, 0.2) is 24.3 Å². The molecule has 0 amide bonds. The summed E-state index contributed by atoms with van der Waals surface area (Å²) in [5.74, 6) is 0.649. The Bertz CT molecular complexity index is 266. The summed E-state index contributed by atoms with van der Waals surface area (Å²) in [6.45, 7) is 4.47. The van der Waals surface area contributed by atoms with E-state index in [4.69, 9.17) is 11.6 Å². The van der Waals surface area contributed by atoms with E-state index in [1.165, 1.54) is 5.56 Å². The van der Waals surface area contributed by atoms with Gasteiger partial charge >= 0.3 is 0 Å². The zero-order valence-electron chi connectivity index (χ0n) is 9.05. The van der Waals surface area contributed by atoms with Gasteiger partial charge in [-0.25, -0.2) is 0 Å². The molecule has 1 unspecified atom stereocenters. The summed E-state index contributed by atoms with van der Waals surface area (Å²) in [5, 5.41) is 4.14. The van der Waals surface area contributed by atoms with Crippen LogP contribution in [-0.2, 0) is 6.42 Å². The summed E-state index contributed by atoms with van der Waals surface area (Å²) in [6, 6.07) is 8.62. The lowest BCUT2D eigenvalue weighted by atomic mass is 9.97. The number of hydrogen-bond donors (Lipinski definition) is 1. The number of rotatable bonds is 4. The molecule has 1 rings (SSSR count). The van der Waals surface area contributed by atoms with Gasteiger partial charge in [0.2, 0.25) is 0 Å². The highest BCUT2D eigenvalue weighted by molar-refractivity contribution is 6.30. The SMILES string of the molecule is CNC(Cc1ccc(Cl)cc1)C(C)C. The molecule has 0 saturated carbocycles. The summed E-state index contributed by atoms with van der Waals surface area (Å²) in [7, 11) is 2.01. The molecule has 0 aliphatic carbocycles. The van der Waals surface area contributed by atoms with Crippen LogP contribution in [0, 0.1) is 5.92 Å². The lowest BCUT2D eigenvalue weighted by Crippen LogP contribution is -2.32. The standard InChI is InChI=1S/C12H18ClN/c1-9(2)12(14-3)8-10-4-6-11(13)7-5-10/h4-7,9,12,14H,8H2,1-3H3.